The Morgan fingerprint density at radius 1 is 1.26 bits per heavy atom. The number of aromatic nitrogens is 2. The van der Waals surface area contributed by atoms with Gasteiger partial charge in [-0.2, -0.15) is 13.4 Å². The summed E-state index contributed by atoms with van der Waals surface area (Å²) >= 11 is 8.24. The zero-order valence-corrected chi connectivity index (χ0v) is 24.1. The van der Waals surface area contributed by atoms with E-state index in [1.807, 2.05) is 22.6 Å². The highest BCUT2D eigenvalue weighted by Gasteiger charge is 2.31. The molecule has 1 aromatic carbocycles. The Balaban J connectivity index is 1.87. The largest absolute Gasteiger partial charge is 0.436 e. The van der Waals surface area contributed by atoms with Gasteiger partial charge >= 0.3 is 0 Å². The average Bonchev–Trinajstić information content (AvgIpc) is 3.67. The molecule has 0 spiro atoms. The van der Waals surface area contributed by atoms with Crippen molar-refractivity contribution in [3.05, 3.63) is 66.2 Å². The van der Waals surface area contributed by atoms with Crippen LogP contribution >= 0.6 is 34.2 Å². The number of hydrogen-bond donors (Lipinski definition) is 4. The first-order valence-electron chi connectivity index (χ1n) is 11.2. The van der Waals surface area contributed by atoms with Gasteiger partial charge in [-0.15, -0.1) is 0 Å². The van der Waals surface area contributed by atoms with Gasteiger partial charge in [0.05, 0.1) is 11.3 Å². The summed E-state index contributed by atoms with van der Waals surface area (Å²) in [6, 6.07) is 7.07. The number of nitrogens with one attached hydrogen (secondary N) is 4. The molecule has 3 aromatic rings. The number of pyridine rings is 2. The molecule has 1 saturated carbocycles. The van der Waals surface area contributed by atoms with E-state index in [4.69, 9.17) is 16.3 Å². The van der Waals surface area contributed by atoms with E-state index < -0.39 is 27.5 Å². The average molecular weight is 677 g/mol. The number of ether oxygens (including phenoxy) is 1. The van der Waals surface area contributed by atoms with E-state index >= 15 is 0 Å². The van der Waals surface area contributed by atoms with E-state index in [0.717, 1.165) is 12.8 Å². The summed E-state index contributed by atoms with van der Waals surface area (Å²) in [6.07, 6.45) is 1.59. The van der Waals surface area contributed by atoms with Crippen LogP contribution in [0.15, 0.2) is 35.1 Å². The molecule has 2 heterocycles. The van der Waals surface area contributed by atoms with E-state index in [2.05, 4.69) is 25.1 Å². The minimum Gasteiger partial charge on any atom is -0.436 e. The van der Waals surface area contributed by atoms with E-state index in [-0.39, 0.29) is 51.1 Å². The van der Waals surface area contributed by atoms with Crippen LogP contribution in [0, 0.1) is 16.3 Å². The maximum absolute atomic E-state index is 14.7. The third-order valence-electron chi connectivity index (χ3n) is 5.61. The van der Waals surface area contributed by atoms with Crippen molar-refractivity contribution in [1.82, 2.24) is 19.6 Å². The lowest BCUT2D eigenvalue weighted by Crippen LogP contribution is -2.32. The molecule has 0 radical (unpaired) electrons. The minimum absolute atomic E-state index is 0.00998. The first-order chi connectivity index (χ1) is 17.9. The van der Waals surface area contributed by atoms with Gasteiger partial charge in [0, 0.05) is 23.7 Å². The van der Waals surface area contributed by atoms with Crippen LogP contribution in [-0.2, 0) is 17.3 Å². The van der Waals surface area contributed by atoms with Crippen molar-refractivity contribution < 1.29 is 22.3 Å². The number of nitrogens with zero attached hydrogens (tertiary/aromatic N) is 2. The fourth-order valence-electron chi connectivity index (χ4n) is 3.44. The van der Waals surface area contributed by atoms with Crippen LogP contribution < -0.4 is 30.4 Å². The second-order valence-corrected chi connectivity index (χ2v) is 11.7. The van der Waals surface area contributed by atoms with E-state index in [0.29, 0.717) is 3.57 Å². The predicted octanol–water partition coefficient (Wildman–Crippen LogP) is 3.79. The van der Waals surface area contributed by atoms with Gasteiger partial charge in [0.15, 0.2) is 5.75 Å². The number of halogens is 3. The highest BCUT2D eigenvalue weighted by molar-refractivity contribution is 14.1. The Hall–Kier alpha value is -2.95. The predicted molar refractivity (Wildman–Crippen MR) is 150 cm³/mol. The summed E-state index contributed by atoms with van der Waals surface area (Å²) in [6.45, 7) is 1.46. The highest BCUT2D eigenvalue weighted by Crippen LogP contribution is 2.37. The summed E-state index contributed by atoms with van der Waals surface area (Å²) in [5, 5.41) is 5.71. The Kier molecular flexibility index (Phi) is 8.15. The molecule has 1 aliphatic rings. The zero-order chi connectivity index (χ0) is 27.8. The normalized spacial score (nSPS) is 13.2. The van der Waals surface area contributed by atoms with Crippen LogP contribution in [0.25, 0.3) is 0 Å². The minimum atomic E-state index is -3.90. The Labute approximate surface area is 236 Å². The number of anilines is 3. The maximum Gasteiger partial charge on any atom is 0.300 e. The number of rotatable bonds is 9. The van der Waals surface area contributed by atoms with Crippen molar-refractivity contribution in [2.45, 2.75) is 25.8 Å². The SMILES string of the molecule is CNS(=O)(=O)Nc1ccc(Cl)c(Oc2c(C(=O)NC3CC3)c(Nc3ccc(I)cc3F)n(C)c(=O)c2C)n1. The molecule has 2 aromatic heterocycles. The van der Waals surface area contributed by atoms with E-state index in [1.165, 1.54) is 49.9 Å². The van der Waals surface area contributed by atoms with Crippen LogP contribution in [0.5, 0.6) is 11.6 Å². The van der Waals surface area contributed by atoms with Crippen LogP contribution in [-0.4, -0.2) is 37.0 Å². The summed E-state index contributed by atoms with van der Waals surface area (Å²) in [4.78, 5) is 30.7. The summed E-state index contributed by atoms with van der Waals surface area (Å²) in [5.74, 6) is -1.71. The first-order valence-corrected chi connectivity index (χ1v) is 14.2. The third-order valence-corrected chi connectivity index (χ3v) is 7.58. The van der Waals surface area contributed by atoms with E-state index in [1.54, 1.807) is 6.07 Å². The molecule has 1 aliphatic carbocycles. The van der Waals surface area contributed by atoms with Gasteiger partial charge in [-0.1, -0.05) is 11.6 Å². The molecule has 1 amide bonds. The molecule has 202 valence electrons. The first kappa shape index (κ1) is 28.1. The molecule has 11 nitrogen and oxygen atoms in total. The maximum atomic E-state index is 14.7. The highest BCUT2D eigenvalue weighted by atomic mass is 127. The Morgan fingerprint density at radius 2 is 1.97 bits per heavy atom. The molecule has 0 aliphatic heterocycles. The van der Waals surface area contributed by atoms with Crippen LogP contribution in [0.4, 0.5) is 21.7 Å². The third kappa shape index (κ3) is 6.19. The molecule has 0 unspecified atom stereocenters. The second-order valence-electron chi connectivity index (χ2n) is 8.43. The van der Waals surface area contributed by atoms with Crippen molar-refractivity contribution in [1.29, 1.82) is 0 Å². The number of amides is 1. The molecule has 4 rings (SSSR count). The lowest BCUT2D eigenvalue weighted by atomic mass is 10.1. The van der Waals surface area contributed by atoms with Crippen molar-refractivity contribution in [3.8, 4) is 11.6 Å². The van der Waals surface area contributed by atoms with Crippen molar-refractivity contribution in [3.63, 3.8) is 0 Å². The smallest absolute Gasteiger partial charge is 0.300 e. The number of benzene rings is 1. The van der Waals surface area contributed by atoms with Crippen molar-refractivity contribution >= 4 is 67.6 Å². The van der Waals surface area contributed by atoms with Gasteiger partial charge in [-0.05, 0) is 72.7 Å². The standard InChI is InChI=1S/C23H23ClFIN6O5S/c1-11-19(37-22-14(24)7-9-17(30-22)31-38(35,36)27-2)18(21(33)28-13-5-6-13)20(32(3)23(11)34)29-16-8-4-12(26)10-15(16)25/h4,7-10,13,27,29H,5-6H2,1-3H3,(H,28,33)(H,30,31). The molecular formula is C23H23ClFIN6O5S. The van der Waals surface area contributed by atoms with Crippen LogP contribution in [0.1, 0.15) is 28.8 Å². The van der Waals surface area contributed by atoms with Crippen molar-refractivity contribution in [2.75, 3.05) is 17.1 Å². The lowest BCUT2D eigenvalue weighted by molar-refractivity contribution is 0.0948. The summed E-state index contributed by atoms with van der Waals surface area (Å²) in [7, 11) is -1.24. The monoisotopic (exact) mass is 676 g/mol. The molecule has 4 N–H and O–H groups in total. The molecule has 0 bridgehead atoms. The summed E-state index contributed by atoms with van der Waals surface area (Å²) in [5.41, 5.74) is -0.510. The van der Waals surface area contributed by atoms with Gasteiger partial charge in [0.1, 0.15) is 28.0 Å². The molecule has 38 heavy (non-hydrogen) atoms. The Morgan fingerprint density at radius 3 is 2.61 bits per heavy atom. The second kappa shape index (κ2) is 11.0. The van der Waals surface area contributed by atoms with Gasteiger partial charge < -0.3 is 15.4 Å². The molecule has 0 atom stereocenters. The summed E-state index contributed by atoms with van der Waals surface area (Å²) < 4.78 is 50.6. The fraction of sp³-hybridized carbons (Fsp3) is 0.261. The lowest BCUT2D eigenvalue weighted by Gasteiger charge is -2.21. The van der Waals surface area contributed by atoms with Crippen LogP contribution in [0.2, 0.25) is 5.02 Å². The van der Waals surface area contributed by atoms with Gasteiger partial charge in [0.25, 0.3) is 21.7 Å². The Bertz CT molecular complexity index is 1600. The van der Waals surface area contributed by atoms with Gasteiger partial charge in [-0.25, -0.2) is 9.11 Å². The quantitative estimate of drug-likeness (QED) is 0.253. The molecule has 15 heteroatoms. The number of carbonyl (C=O) groups excluding carboxylic acids is 1. The zero-order valence-electron chi connectivity index (χ0n) is 20.4. The topological polar surface area (TPSA) is 143 Å². The molecule has 1 fully saturated rings. The van der Waals surface area contributed by atoms with Gasteiger partial charge in [0.2, 0.25) is 5.88 Å². The number of hydrogen-bond acceptors (Lipinski definition) is 7. The van der Waals surface area contributed by atoms with Crippen LogP contribution in [0.3, 0.4) is 0 Å². The van der Waals surface area contributed by atoms with Gasteiger partial charge in [-0.3, -0.25) is 18.9 Å². The molecular weight excluding hydrogens is 654 g/mol. The number of carbonyl (C=O) groups is 1. The van der Waals surface area contributed by atoms with E-state index in [9.17, 15) is 22.4 Å². The fourth-order valence-corrected chi connectivity index (χ4v) is 4.53. The van der Waals surface area contributed by atoms with Crippen molar-refractivity contribution in [2.24, 2.45) is 7.05 Å². The molecule has 0 saturated heterocycles.